The quantitative estimate of drug-likeness (QED) is 0.835. The van der Waals surface area contributed by atoms with Gasteiger partial charge in [-0.15, -0.1) is 0 Å². The Bertz CT molecular complexity index is 732. The highest BCUT2D eigenvalue weighted by molar-refractivity contribution is 9.10. The van der Waals surface area contributed by atoms with Gasteiger partial charge >= 0.3 is 0 Å². The molecule has 2 aromatic carbocycles. The molecule has 0 spiro atoms. The molecule has 0 saturated heterocycles. The lowest BCUT2D eigenvalue weighted by Gasteiger charge is -2.10. The fraction of sp³-hybridized carbons (Fsp3) is 0.176. The predicted octanol–water partition coefficient (Wildman–Crippen LogP) is 3.73. The van der Waals surface area contributed by atoms with Gasteiger partial charge in [0.1, 0.15) is 5.75 Å². The van der Waals surface area contributed by atoms with Gasteiger partial charge in [0.2, 0.25) is 5.91 Å². The molecular weight excluding hydrogens is 360 g/mol. The van der Waals surface area contributed by atoms with Crippen LogP contribution in [0.25, 0.3) is 0 Å². The lowest BCUT2D eigenvalue weighted by molar-refractivity contribution is -0.118. The van der Waals surface area contributed by atoms with Gasteiger partial charge in [0, 0.05) is 18.3 Å². The van der Waals surface area contributed by atoms with Crippen molar-refractivity contribution in [1.29, 1.82) is 0 Å². The van der Waals surface area contributed by atoms with E-state index < -0.39 is 0 Å². The Balaban J connectivity index is 1.93. The van der Waals surface area contributed by atoms with Crippen molar-refractivity contribution in [2.45, 2.75) is 13.8 Å². The van der Waals surface area contributed by atoms with Crippen molar-refractivity contribution < 1.29 is 14.3 Å². The molecule has 0 aromatic heterocycles. The molecule has 2 aromatic rings. The van der Waals surface area contributed by atoms with Crippen molar-refractivity contribution in [3.63, 3.8) is 0 Å². The number of benzene rings is 2. The van der Waals surface area contributed by atoms with E-state index in [1.807, 2.05) is 25.1 Å². The van der Waals surface area contributed by atoms with Gasteiger partial charge in [0.15, 0.2) is 6.61 Å². The minimum absolute atomic E-state index is 0.105. The highest BCUT2D eigenvalue weighted by Gasteiger charge is 2.07. The van der Waals surface area contributed by atoms with E-state index in [9.17, 15) is 9.59 Å². The third-order valence-electron chi connectivity index (χ3n) is 2.91. The van der Waals surface area contributed by atoms with Crippen LogP contribution < -0.4 is 15.4 Å². The number of ether oxygens (including phenoxy) is 1. The fourth-order valence-corrected chi connectivity index (χ4v) is 2.55. The normalized spacial score (nSPS) is 10.0. The summed E-state index contributed by atoms with van der Waals surface area (Å²) < 4.78 is 6.30. The Morgan fingerprint density at radius 3 is 2.43 bits per heavy atom. The molecule has 2 rings (SSSR count). The van der Waals surface area contributed by atoms with Crippen LogP contribution in [0.15, 0.2) is 46.9 Å². The average Bonchev–Trinajstić information content (AvgIpc) is 2.46. The van der Waals surface area contributed by atoms with E-state index in [1.165, 1.54) is 6.92 Å². The van der Waals surface area contributed by atoms with Crippen LogP contribution in [0, 0.1) is 6.92 Å². The Morgan fingerprint density at radius 1 is 1.09 bits per heavy atom. The highest BCUT2D eigenvalue weighted by Crippen LogP contribution is 2.25. The van der Waals surface area contributed by atoms with E-state index in [2.05, 4.69) is 26.6 Å². The maximum absolute atomic E-state index is 12.0. The van der Waals surface area contributed by atoms with Crippen molar-refractivity contribution in [2.24, 2.45) is 0 Å². The maximum Gasteiger partial charge on any atom is 0.262 e. The first-order valence-corrected chi connectivity index (χ1v) is 7.80. The number of aryl methyl sites for hydroxylation is 1. The number of hydrogen-bond acceptors (Lipinski definition) is 3. The van der Waals surface area contributed by atoms with Crippen molar-refractivity contribution >= 4 is 39.1 Å². The summed E-state index contributed by atoms with van der Waals surface area (Å²) in [7, 11) is 0. The van der Waals surface area contributed by atoms with E-state index in [-0.39, 0.29) is 18.4 Å². The molecule has 0 aliphatic carbocycles. The summed E-state index contributed by atoms with van der Waals surface area (Å²) in [5, 5.41) is 5.39. The zero-order valence-electron chi connectivity index (χ0n) is 12.9. The molecule has 23 heavy (non-hydrogen) atoms. The van der Waals surface area contributed by atoms with E-state index in [4.69, 9.17) is 4.74 Å². The average molecular weight is 377 g/mol. The van der Waals surface area contributed by atoms with E-state index in [0.29, 0.717) is 17.1 Å². The molecule has 0 aliphatic heterocycles. The summed E-state index contributed by atoms with van der Waals surface area (Å²) in [6.07, 6.45) is 0. The van der Waals surface area contributed by atoms with Crippen molar-refractivity contribution in [3.8, 4) is 5.75 Å². The molecule has 0 saturated carbocycles. The molecule has 0 heterocycles. The lowest BCUT2D eigenvalue weighted by Crippen LogP contribution is -2.20. The van der Waals surface area contributed by atoms with E-state index in [0.717, 1.165) is 10.0 Å². The smallest absolute Gasteiger partial charge is 0.262 e. The van der Waals surface area contributed by atoms with Crippen LogP contribution in [0.5, 0.6) is 5.75 Å². The Kier molecular flexibility index (Phi) is 5.76. The van der Waals surface area contributed by atoms with Gasteiger partial charge in [-0.05, 0) is 58.7 Å². The largest absolute Gasteiger partial charge is 0.483 e. The Morgan fingerprint density at radius 2 is 1.78 bits per heavy atom. The number of carbonyl (C=O) groups excluding carboxylic acids is 2. The SMILES string of the molecule is CC(=O)Nc1cccc(NC(=O)COc2ccc(C)cc2Br)c1. The number of halogens is 1. The number of carbonyl (C=O) groups is 2. The molecule has 6 heteroatoms. The summed E-state index contributed by atoms with van der Waals surface area (Å²) >= 11 is 3.40. The first-order chi connectivity index (χ1) is 10.9. The molecule has 2 amide bonds. The minimum Gasteiger partial charge on any atom is -0.483 e. The highest BCUT2D eigenvalue weighted by atomic mass is 79.9. The molecule has 0 aliphatic rings. The van der Waals surface area contributed by atoms with Gasteiger partial charge in [-0.25, -0.2) is 0 Å². The second-order valence-corrected chi connectivity index (χ2v) is 5.89. The summed E-state index contributed by atoms with van der Waals surface area (Å²) in [6.45, 7) is 3.30. The molecule has 0 bridgehead atoms. The number of amides is 2. The second kappa shape index (κ2) is 7.78. The van der Waals surface area contributed by atoms with Crippen LogP contribution in [0.2, 0.25) is 0 Å². The number of nitrogens with one attached hydrogen (secondary N) is 2. The van der Waals surface area contributed by atoms with Crippen molar-refractivity contribution in [3.05, 3.63) is 52.5 Å². The Labute approximate surface area is 143 Å². The lowest BCUT2D eigenvalue weighted by atomic mass is 10.2. The molecule has 2 N–H and O–H groups in total. The molecule has 5 nitrogen and oxygen atoms in total. The van der Waals surface area contributed by atoms with Crippen LogP contribution in [0.4, 0.5) is 11.4 Å². The minimum atomic E-state index is -0.280. The molecule has 0 unspecified atom stereocenters. The first kappa shape index (κ1) is 17.0. The van der Waals surface area contributed by atoms with E-state index in [1.54, 1.807) is 24.3 Å². The fourth-order valence-electron chi connectivity index (χ4n) is 1.94. The van der Waals surface area contributed by atoms with Crippen LogP contribution in [-0.2, 0) is 9.59 Å². The van der Waals surface area contributed by atoms with Crippen LogP contribution in [0.1, 0.15) is 12.5 Å². The summed E-state index contributed by atoms with van der Waals surface area (Å²) in [5.74, 6) is 0.163. The predicted molar refractivity (Wildman–Crippen MR) is 93.7 cm³/mol. The van der Waals surface area contributed by atoms with Gasteiger partial charge < -0.3 is 15.4 Å². The van der Waals surface area contributed by atoms with Crippen LogP contribution in [-0.4, -0.2) is 18.4 Å². The third kappa shape index (κ3) is 5.41. The summed E-state index contributed by atoms with van der Waals surface area (Å²) in [6, 6.07) is 12.6. The molecule has 0 atom stereocenters. The van der Waals surface area contributed by atoms with Gasteiger partial charge in [0.25, 0.3) is 5.91 Å². The zero-order valence-corrected chi connectivity index (χ0v) is 14.4. The monoisotopic (exact) mass is 376 g/mol. The molecule has 0 fully saturated rings. The number of anilines is 2. The van der Waals surface area contributed by atoms with E-state index >= 15 is 0 Å². The molecule has 0 radical (unpaired) electrons. The number of rotatable bonds is 5. The third-order valence-corrected chi connectivity index (χ3v) is 3.53. The Hall–Kier alpha value is -2.34. The first-order valence-electron chi connectivity index (χ1n) is 7.00. The maximum atomic E-state index is 12.0. The van der Waals surface area contributed by atoms with Gasteiger partial charge in [-0.3, -0.25) is 9.59 Å². The topological polar surface area (TPSA) is 67.4 Å². The van der Waals surface area contributed by atoms with Crippen molar-refractivity contribution in [1.82, 2.24) is 0 Å². The second-order valence-electron chi connectivity index (χ2n) is 5.03. The van der Waals surface area contributed by atoms with Gasteiger partial charge in [-0.2, -0.15) is 0 Å². The van der Waals surface area contributed by atoms with Crippen molar-refractivity contribution in [2.75, 3.05) is 17.2 Å². The summed E-state index contributed by atoms with van der Waals surface area (Å²) in [5.41, 5.74) is 2.31. The van der Waals surface area contributed by atoms with Gasteiger partial charge in [-0.1, -0.05) is 12.1 Å². The van der Waals surface area contributed by atoms with Gasteiger partial charge in [0.05, 0.1) is 4.47 Å². The summed E-state index contributed by atoms with van der Waals surface area (Å²) in [4.78, 5) is 23.0. The van der Waals surface area contributed by atoms with Crippen LogP contribution in [0.3, 0.4) is 0 Å². The number of hydrogen-bond donors (Lipinski definition) is 2. The molecule has 120 valence electrons. The standard InChI is InChI=1S/C17H17BrN2O3/c1-11-6-7-16(15(18)8-11)23-10-17(22)20-14-5-3-4-13(9-14)19-12(2)21/h3-9H,10H2,1-2H3,(H,19,21)(H,20,22). The zero-order chi connectivity index (χ0) is 16.8. The van der Waals surface area contributed by atoms with Crippen LogP contribution >= 0.6 is 15.9 Å². The molecular formula is C17H17BrN2O3.